The summed E-state index contributed by atoms with van der Waals surface area (Å²) in [5, 5.41) is 0. The Morgan fingerprint density at radius 3 is 2.50 bits per heavy atom. The largest absolute Gasteiger partial charge is 0.0888 e. The van der Waals surface area contributed by atoms with E-state index in [4.69, 9.17) is 0 Å². The van der Waals surface area contributed by atoms with Crippen LogP contribution in [0, 0.1) is 11.8 Å². The van der Waals surface area contributed by atoms with Crippen molar-refractivity contribution in [2.75, 3.05) is 0 Å². The minimum Gasteiger partial charge on any atom is -0.0888 e. The Morgan fingerprint density at radius 2 is 1.92 bits per heavy atom. The minimum atomic E-state index is 0.824. The molecule has 0 bridgehead atoms. The van der Waals surface area contributed by atoms with Gasteiger partial charge in [-0.15, -0.1) is 0 Å². The first-order valence-electron chi connectivity index (χ1n) is 5.34. The van der Waals surface area contributed by atoms with Crippen LogP contribution in [0.25, 0.3) is 0 Å². The van der Waals surface area contributed by atoms with Gasteiger partial charge in [0.25, 0.3) is 0 Å². The lowest BCUT2D eigenvalue weighted by atomic mass is 9.84. The zero-order valence-corrected chi connectivity index (χ0v) is 9.94. The zero-order valence-electron chi connectivity index (χ0n) is 8.35. The highest BCUT2D eigenvalue weighted by Gasteiger charge is 2.22. The molecule has 1 aliphatic rings. The zero-order chi connectivity index (χ0) is 8.97. The molecule has 0 N–H and O–H groups in total. The van der Waals surface area contributed by atoms with Crippen LogP contribution in [0.5, 0.6) is 0 Å². The molecule has 2 unspecified atom stereocenters. The Hall–Kier alpha value is 0.480. The smallest absolute Gasteiger partial charge is 0.0174 e. The summed E-state index contributed by atoms with van der Waals surface area (Å²) in [6.45, 7) is 4.65. The first-order chi connectivity index (χ1) is 5.70. The van der Waals surface area contributed by atoms with E-state index in [0.29, 0.717) is 0 Å². The molecule has 1 aliphatic carbocycles. The van der Waals surface area contributed by atoms with E-state index in [1.807, 2.05) is 0 Å². The van der Waals surface area contributed by atoms with E-state index >= 15 is 0 Å². The van der Waals surface area contributed by atoms with Gasteiger partial charge in [0.2, 0.25) is 0 Å². The molecule has 0 heterocycles. The molecule has 0 aromatic rings. The molecule has 1 rings (SSSR count). The highest BCUT2D eigenvalue weighted by Crippen LogP contribution is 2.33. The van der Waals surface area contributed by atoms with Crippen molar-refractivity contribution in [3.05, 3.63) is 0 Å². The van der Waals surface area contributed by atoms with E-state index in [1.54, 1.807) is 0 Å². The van der Waals surface area contributed by atoms with Crippen LogP contribution in [0.3, 0.4) is 0 Å². The van der Waals surface area contributed by atoms with Crippen molar-refractivity contribution < 1.29 is 0 Å². The van der Waals surface area contributed by atoms with Gasteiger partial charge >= 0.3 is 0 Å². The van der Waals surface area contributed by atoms with E-state index < -0.39 is 0 Å². The molecular formula is C11H21Br. The van der Waals surface area contributed by atoms with Crippen molar-refractivity contribution in [2.45, 2.75) is 57.2 Å². The maximum Gasteiger partial charge on any atom is 0.0174 e. The van der Waals surface area contributed by atoms with Crippen LogP contribution in [0.2, 0.25) is 0 Å². The summed E-state index contributed by atoms with van der Waals surface area (Å²) in [6, 6.07) is 0. The maximum atomic E-state index is 3.80. The van der Waals surface area contributed by atoms with Crippen molar-refractivity contribution in [3.8, 4) is 0 Å². The molecule has 0 saturated heterocycles. The summed E-state index contributed by atoms with van der Waals surface area (Å²) in [6.07, 6.45) is 8.62. The van der Waals surface area contributed by atoms with Gasteiger partial charge in [-0.05, 0) is 31.1 Å². The van der Waals surface area contributed by atoms with Gasteiger partial charge in [0.15, 0.2) is 0 Å². The second-order valence-corrected chi connectivity index (χ2v) is 5.71. The molecule has 1 fully saturated rings. The standard InChI is InChI=1S/C11H21Br/c1-9(2)7-8-10-5-3-4-6-11(10)12/h9-11H,3-8H2,1-2H3. The lowest BCUT2D eigenvalue weighted by molar-refractivity contribution is 0.331. The number of alkyl halides is 1. The Bertz CT molecular complexity index is 120. The average molecular weight is 233 g/mol. The van der Waals surface area contributed by atoms with Crippen molar-refractivity contribution in [1.82, 2.24) is 0 Å². The van der Waals surface area contributed by atoms with Crippen LogP contribution in [0.4, 0.5) is 0 Å². The van der Waals surface area contributed by atoms with Crippen molar-refractivity contribution in [3.63, 3.8) is 0 Å². The second-order valence-electron chi connectivity index (χ2n) is 4.53. The quantitative estimate of drug-likeness (QED) is 0.634. The van der Waals surface area contributed by atoms with E-state index in [-0.39, 0.29) is 0 Å². The normalized spacial score (nSPS) is 31.0. The molecule has 0 radical (unpaired) electrons. The summed E-state index contributed by atoms with van der Waals surface area (Å²) in [5.74, 6) is 1.85. The molecule has 12 heavy (non-hydrogen) atoms. The average Bonchev–Trinajstić information content (AvgIpc) is 2.03. The molecule has 0 amide bonds. The van der Waals surface area contributed by atoms with E-state index in [1.165, 1.54) is 38.5 Å². The fraction of sp³-hybridized carbons (Fsp3) is 1.00. The molecule has 1 heteroatoms. The minimum absolute atomic E-state index is 0.824. The number of hydrogen-bond donors (Lipinski definition) is 0. The van der Waals surface area contributed by atoms with Gasteiger partial charge in [0.1, 0.15) is 0 Å². The molecule has 0 aliphatic heterocycles. The first-order valence-corrected chi connectivity index (χ1v) is 6.25. The topological polar surface area (TPSA) is 0 Å². The van der Waals surface area contributed by atoms with Crippen molar-refractivity contribution >= 4 is 15.9 Å². The summed E-state index contributed by atoms with van der Waals surface area (Å²) in [5.41, 5.74) is 0. The molecule has 2 atom stereocenters. The van der Waals surface area contributed by atoms with Gasteiger partial charge in [-0.1, -0.05) is 49.0 Å². The molecule has 0 aromatic carbocycles. The van der Waals surface area contributed by atoms with Crippen LogP contribution >= 0.6 is 15.9 Å². The monoisotopic (exact) mass is 232 g/mol. The van der Waals surface area contributed by atoms with E-state index in [2.05, 4.69) is 29.8 Å². The summed E-state index contributed by atoms with van der Waals surface area (Å²) < 4.78 is 0. The van der Waals surface area contributed by atoms with Gasteiger partial charge in [0.05, 0.1) is 0 Å². The molecule has 0 spiro atoms. The van der Waals surface area contributed by atoms with E-state index in [9.17, 15) is 0 Å². The van der Waals surface area contributed by atoms with Gasteiger partial charge < -0.3 is 0 Å². The lowest BCUT2D eigenvalue weighted by Crippen LogP contribution is -2.19. The number of rotatable bonds is 3. The predicted octanol–water partition coefficient (Wildman–Crippen LogP) is 4.38. The van der Waals surface area contributed by atoms with Crippen molar-refractivity contribution in [2.24, 2.45) is 11.8 Å². The third kappa shape index (κ3) is 3.47. The van der Waals surface area contributed by atoms with Crippen LogP contribution in [0.15, 0.2) is 0 Å². The highest BCUT2D eigenvalue weighted by molar-refractivity contribution is 9.09. The Kier molecular flexibility index (Phi) is 4.63. The van der Waals surface area contributed by atoms with Crippen molar-refractivity contribution in [1.29, 1.82) is 0 Å². The van der Waals surface area contributed by atoms with Crippen LogP contribution < -0.4 is 0 Å². The summed E-state index contributed by atoms with van der Waals surface area (Å²) in [4.78, 5) is 0.824. The fourth-order valence-corrected chi connectivity index (χ4v) is 2.89. The first kappa shape index (κ1) is 10.6. The van der Waals surface area contributed by atoms with Gasteiger partial charge in [-0.2, -0.15) is 0 Å². The molecule has 0 aromatic heterocycles. The third-order valence-electron chi connectivity index (χ3n) is 2.93. The SMILES string of the molecule is CC(C)CCC1CCCCC1Br. The second kappa shape index (κ2) is 5.26. The van der Waals surface area contributed by atoms with Crippen LogP contribution in [-0.4, -0.2) is 4.83 Å². The Labute approximate surface area is 85.3 Å². The van der Waals surface area contributed by atoms with Crippen LogP contribution in [0.1, 0.15) is 52.4 Å². The molecular weight excluding hydrogens is 212 g/mol. The molecule has 0 nitrogen and oxygen atoms in total. The van der Waals surface area contributed by atoms with Gasteiger partial charge in [0, 0.05) is 4.83 Å². The summed E-state index contributed by atoms with van der Waals surface area (Å²) in [7, 11) is 0. The van der Waals surface area contributed by atoms with Gasteiger partial charge in [-0.3, -0.25) is 0 Å². The lowest BCUT2D eigenvalue weighted by Gasteiger charge is -2.27. The highest BCUT2D eigenvalue weighted by atomic mass is 79.9. The van der Waals surface area contributed by atoms with Crippen LogP contribution in [-0.2, 0) is 0 Å². The van der Waals surface area contributed by atoms with Gasteiger partial charge in [-0.25, -0.2) is 0 Å². The molecule has 72 valence electrons. The Balaban J connectivity index is 2.20. The molecule has 1 saturated carbocycles. The fourth-order valence-electron chi connectivity index (χ4n) is 2.04. The third-order valence-corrected chi connectivity index (χ3v) is 4.14. The summed E-state index contributed by atoms with van der Waals surface area (Å²) >= 11 is 3.80. The number of hydrogen-bond acceptors (Lipinski definition) is 0. The number of halogens is 1. The Morgan fingerprint density at radius 1 is 1.25 bits per heavy atom. The van der Waals surface area contributed by atoms with E-state index in [0.717, 1.165) is 16.7 Å². The predicted molar refractivity (Wildman–Crippen MR) is 58.7 cm³/mol. The maximum absolute atomic E-state index is 3.80.